The lowest BCUT2D eigenvalue weighted by atomic mass is 10.0. The quantitative estimate of drug-likeness (QED) is 0.821. The van der Waals surface area contributed by atoms with Crippen molar-refractivity contribution in [2.45, 2.75) is 32.4 Å². The van der Waals surface area contributed by atoms with Crippen LogP contribution < -0.4 is 15.4 Å². The van der Waals surface area contributed by atoms with E-state index in [-0.39, 0.29) is 23.2 Å². The second kappa shape index (κ2) is 8.20. The second-order valence-electron chi connectivity index (χ2n) is 7.50. The van der Waals surface area contributed by atoms with Crippen molar-refractivity contribution in [3.8, 4) is 11.5 Å². The summed E-state index contributed by atoms with van der Waals surface area (Å²) in [7, 11) is 0. The molecule has 1 atom stereocenters. The van der Waals surface area contributed by atoms with Crippen molar-refractivity contribution in [2.24, 2.45) is 0 Å². The molecule has 6 nitrogen and oxygen atoms in total. The van der Waals surface area contributed by atoms with Crippen molar-refractivity contribution in [2.75, 3.05) is 25.0 Å². The van der Waals surface area contributed by atoms with Crippen molar-refractivity contribution in [1.82, 2.24) is 15.2 Å². The molecule has 1 aliphatic rings. The zero-order valence-corrected chi connectivity index (χ0v) is 16.1. The maximum absolute atomic E-state index is 13.2. The summed E-state index contributed by atoms with van der Waals surface area (Å²) in [5, 5.41) is 6.22. The van der Waals surface area contributed by atoms with E-state index in [4.69, 9.17) is 4.74 Å². The molecule has 1 saturated heterocycles. The molecule has 1 aromatic heterocycles. The van der Waals surface area contributed by atoms with Gasteiger partial charge >= 0.3 is 0 Å². The van der Waals surface area contributed by atoms with Crippen molar-refractivity contribution in [3.05, 3.63) is 48.2 Å². The molecule has 8 heteroatoms. The fraction of sp³-hybridized carbons (Fsp3) is 0.400. The molecule has 1 unspecified atom stereocenters. The van der Waals surface area contributed by atoms with Gasteiger partial charge in [0, 0.05) is 31.2 Å². The number of amides is 1. The molecule has 2 heterocycles. The molecule has 0 spiro atoms. The van der Waals surface area contributed by atoms with Crippen LogP contribution >= 0.6 is 0 Å². The van der Waals surface area contributed by atoms with Gasteiger partial charge in [0.05, 0.1) is 12.2 Å². The summed E-state index contributed by atoms with van der Waals surface area (Å²) in [5.41, 5.74) is -0.0378. The Balaban J connectivity index is 1.58. The maximum Gasteiger partial charge on any atom is 0.242 e. The van der Waals surface area contributed by atoms with E-state index >= 15 is 0 Å². The zero-order chi connectivity index (χ0) is 20.3. The molecule has 0 radical (unpaired) electrons. The lowest BCUT2D eigenvalue weighted by molar-refractivity contribution is -0.121. The van der Waals surface area contributed by atoms with Gasteiger partial charge in [0.2, 0.25) is 5.91 Å². The van der Waals surface area contributed by atoms with Crippen LogP contribution in [0.5, 0.6) is 11.5 Å². The van der Waals surface area contributed by atoms with Crippen LogP contribution in [0.15, 0.2) is 36.5 Å². The van der Waals surface area contributed by atoms with E-state index < -0.39 is 11.6 Å². The topological polar surface area (TPSA) is 66.5 Å². The zero-order valence-electron chi connectivity index (χ0n) is 16.1. The highest BCUT2D eigenvalue weighted by Crippen LogP contribution is 2.23. The monoisotopic (exact) mass is 390 g/mol. The molecular formula is C20H24F2N4O2. The smallest absolute Gasteiger partial charge is 0.242 e. The first-order valence-electron chi connectivity index (χ1n) is 9.12. The third-order valence-electron chi connectivity index (χ3n) is 4.64. The number of rotatable bonds is 5. The first-order valence-corrected chi connectivity index (χ1v) is 9.12. The Bertz CT molecular complexity index is 843. The van der Waals surface area contributed by atoms with Crippen molar-refractivity contribution in [1.29, 1.82) is 0 Å². The van der Waals surface area contributed by atoms with E-state index in [1.165, 1.54) is 12.3 Å². The summed E-state index contributed by atoms with van der Waals surface area (Å²) >= 11 is 0. The van der Waals surface area contributed by atoms with Crippen LogP contribution in [0, 0.1) is 11.6 Å². The van der Waals surface area contributed by atoms with Gasteiger partial charge in [-0.1, -0.05) is 0 Å². The van der Waals surface area contributed by atoms with Crippen LogP contribution in [0.4, 0.5) is 14.6 Å². The summed E-state index contributed by atoms with van der Waals surface area (Å²) in [6.07, 6.45) is 1.41. The molecule has 1 fully saturated rings. The SMILES string of the molecule is CC(C(=O)Nc1ccc(Oc2ccc(F)c(F)c2)cn1)N1CCNC(C)(C)C1. The number of aromatic nitrogens is 1. The summed E-state index contributed by atoms with van der Waals surface area (Å²) < 4.78 is 31.6. The fourth-order valence-electron chi connectivity index (χ4n) is 3.10. The lowest BCUT2D eigenvalue weighted by Gasteiger charge is -2.41. The number of carbonyl (C=O) groups is 1. The molecule has 1 aromatic carbocycles. The molecule has 150 valence electrons. The molecule has 0 aliphatic carbocycles. The van der Waals surface area contributed by atoms with E-state index in [1.54, 1.807) is 12.1 Å². The highest BCUT2D eigenvalue weighted by Gasteiger charge is 2.31. The Kier molecular flexibility index (Phi) is 5.90. The predicted molar refractivity (Wildman–Crippen MR) is 102 cm³/mol. The highest BCUT2D eigenvalue weighted by atomic mass is 19.2. The molecule has 1 amide bonds. The number of carbonyl (C=O) groups excluding carboxylic acids is 1. The third kappa shape index (κ3) is 5.02. The summed E-state index contributed by atoms with van der Waals surface area (Å²) in [6, 6.07) is 6.18. The number of hydrogen-bond acceptors (Lipinski definition) is 5. The van der Waals surface area contributed by atoms with Gasteiger partial charge < -0.3 is 15.4 Å². The largest absolute Gasteiger partial charge is 0.456 e. The van der Waals surface area contributed by atoms with Gasteiger partial charge in [0.25, 0.3) is 0 Å². The standard InChI is InChI=1S/C20H24F2N4O2/c1-13(26-9-8-24-20(2,3)12-26)19(27)25-18-7-5-15(11-23-18)28-14-4-6-16(21)17(22)10-14/h4-7,10-11,13,24H,8-9,12H2,1-3H3,(H,23,25,27). The summed E-state index contributed by atoms with van der Waals surface area (Å²) in [5.74, 6) is -1.17. The highest BCUT2D eigenvalue weighted by molar-refractivity contribution is 5.93. The van der Waals surface area contributed by atoms with E-state index in [0.29, 0.717) is 11.6 Å². The average Bonchev–Trinajstić information content (AvgIpc) is 2.65. The number of ether oxygens (including phenoxy) is 1. The Morgan fingerprint density at radius 2 is 2.00 bits per heavy atom. The van der Waals surface area contributed by atoms with Gasteiger partial charge in [0.1, 0.15) is 17.3 Å². The van der Waals surface area contributed by atoms with Gasteiger partial charge in [-0.3, -0.25) is 9.69 Å². The van der Waals surface area contributed by atoms with Crippen molar-refractivity contribution >= 4 is 11.7 Å². The van der Waals surface area contributed by atoms with Gasteiger partial charge in [-0.2, -0.15) is 0 Å². The molecule has 2 N–H and O–H groups in total. The van der Waals surface area contributed by atoms with Crippen LogP contribution in [0.25, 0.3) is 0 Å². The first-order chi connectivity index (χ1) is 13.2. The molecule has 0 bridgehead atoms. The van der Waals surface area contributed by atoms with Crippen LogP contribution in [-0.4, -0.2) is 47.0 Å². The third-order valence-corrected chi connectivity index (χ3v) is 4.64. The maximum atomic E-state index is 13.2. The van der Waals surface area contributed by atoms with Gasteiger partial charge in [-0.15, -0.1) is 0 Å². The van der Waals surface area contributed by atoms with Crippen LogP contribution in [0.2, 0.25) is 0 Å². The molecule has 1 aliphatic heterocycles. The van der Waals surface area contributed by atoms with Crippen LogP contribution in [0.3, 0.4) is 0 Å². The van der Waals surface area contributed by atoms with Gasteiger partial charge in [0.15, 0.2) is 11.6 Å². The lowest BCUT2D eigenvalue weighted by Crippen LogP contribution is -2.60. The van der Waals surface area contributed by atoms with Gasteiger partial charge in [-0.05, 0) is 45.0 Å². The number of benzene rings is 1. The number of piperazine rings is 1. The Hall–Kier alpha value is -2.58. The summed E-state index contributed by atoms with van der Waals surface area (Å²) in [6.45, 7) is 8.49. The number of hydrogen-bond donors (Lipinski definition) is 2. The minimum absolute atomic E-state index is 0.0378. The Morgan fingerprint density at radius 3 is 2.64 bits per heavy atom. The number of nitrogens with one attached hydrogen (secondary N) is 2. The average molecular weight is 390 g/mol. The number of anilines is 1. The normalized spacial score (nSPS) is 17.8. The van der Waals surface area contributed by atoms with Crippen LogP contribution in [0.1, 0.15) is 20.8 Å². The number of nitrogens with zero attached hydrogens (tertiary/aromatic N) is 2. The number of halogens is 2. The molecular weight excluding hydrogens is 366 g/mol. The molecule has 0 saturated carbocycles. The van der Waals surface area contributed by atoms with E-state index in [9.17, 15) is 13.6 Å². The first kappa shape index (κ1) is 20.2. The molecule has 3 rings (SSSR count). The molecule has 2 aromatic rings. The fourth-order valence-corrected chi connectivity index (χ4v) is 3.10. The van der Waals surface area contributed by atoms with E-state index in [1.807, 2.05) is 6.92 Å². The number of pyridine rings is 1. The minimum atomic E-state index is -0.987. The predicted octanol–water partition coefficient (Wildman–Crippen LogP) is 3.16. The second-order valence-corrected chi connectivity index (χ2v) is 7.50. The van der Waals surface area contributed by atoms with Crippen LogP contribution in [-0.2, 0) is 4.79 Å². The van der Waals surface area contributed by atoms with E-state index in [2.05, 4.69) is 34.4 Å². The van der Waals surface area contributed by atoms with Crippen molar-refractivity contribution < 1.29 is 18.3 Å². The van der Waals surface area contributed by atoms with E-state index in [0.717, 1.165) is 31.8 Å². The van der Waals surface area contributed by atoms with Crippen molar-refractivity contribution in [3.63, 3.8) is 0 Å². The van der Waals surface area contributed by atoms with Gasteiger partial charge in [-0.25, -0.2) is 13.8 Å². The Morgan fingerprint density at radius 1 is 1.25 bits per heavy atom. The molecule has 28 heavy (non-hydrogen) atoms. The Labute approximate surface area is 162 Å². The minimum Gasteiger partial charge on any atom is -0.456 e. The summed E-state index contributed by atoms with van der Waals surface area (Å²) in [4.78, 5) is 18.8.